The summed E-state index contributed by atoms with van der Waals surface area (Å²) in [5.41, 5.74) is 2.27. The van der Waals surface area contributed by atoms with Crippen LogP contribution in [0.15, 0.2) is 77.7 Å². The fraction of sp³-hybridized carbons (Fsp3) is 0.0435. The molecule has 2 heterocycles. The third-order valence-electron chi connectivity index (χ3n) is 4.43. The molecule has 1 N–H and O–H groups in total. The Balaban J connectivity index is 1.60. The lowest BCUT2D eigenvalue weighted by Gasteiger charge is -2.03. The number of benzene rings is 2. The molecule has 0 saturated heterocycles. The number of aromatic amines is 1. The Labute approximate surface area is 170 Å². The average molecular weight is 404 g/mol. The lowest BCUT2D eigenvalue weighted by molar-refractivity contribution is 0.104. The molecule has 0 aliphatic heterocycles. The second-order valence-electron chi connectivity index (χ2n) is 6.55. The van der Waals surface area contributed by atoms with E-state index in [1.165, 1.54) is 22.8 Å². The molecule has 0 saturated carbocycles. The van der Waals surface area contributed by atoms with Crippen LogP contribution in [0.2, 0.25) is 0 Å². The smallest absolute Gasteiger partial charge is 0.305 e. The van der Waals surface area contributed by atoms with Gasteiger partial charge in [0.05, 0.1) is 16.3 Å². The Hall–Kier alpha value is -3.51. The molecule has 29 heavy (non-hydrogen) atoms. The summed E-state index contributed by atoms with van der Waals surface area (Å²) in [6.07, 6.45) is 4.81. The molecule has 0 bridgehead atoms. The van der Waals surface area contributed by atoms with E-state index in [-0.39, 0.29) is 17.3 Å². The lowest BCUT2D eigenvalue weighted by Crippen LogP contribution is -2.14. The maximum atomic E-state index is 13.0. The Kier molecular flexibility index (Phi) is 5.10. The van der Waals surface area contributed by atoms with Gasteiger partial charge < -0.3 is 4.98 Å². The number of carbonyl (C=O) groups excluding carboxylic acids is 1. The van der Waals surface area contributed by atoms with Crippen molar-refractivity contribution < 1.29 is 9.18 Å². The van der Waals surface area contributed by atoms with Gasteiger partial charge in [-0.25, -0.2) is 9.18 Å². The summed E-state index contributed by atoms with van der Waals surface area (Å²) in [6, 6.07) is 16.7. The SMILES string of the molecule is Cc1ccc(-c2cn(-c3cccc(C(=O)/C=C/c4ccc(F)cc4)c3)c(=O)[nH]2)s1. The van der Waals surface area contributed by atoms with Gasteiger partial charge in [-0.2, -0.15) is 0 Å². The number of ketones is 1. The van der Waals surface area contributed by atoms with Crippen molar-refractivity contribution in [2.45, 2.75) is 6.92 Å². The number of H-pyrrole nitrogens is 1. The Morgan fingerprint density at radius 1 is 1.10 bits per heavy atom. The highest BCUT2D eigenvalue weighted by molar-refractivity contribution is 7.15. The molecule has 0 aliphatic rings. The van der Waals surface area contributed by atoms with E-state index in [1.807, 2.05) is 19.1 Å². The van der Waals surface area contributed by atoms with Gasteiger partial charge in [0.1, 0.15) is 5.82 Å². The number of carbonyl (C=O) groups is 1. The van der Waals surface area contributed by atoms with Gasteiger partial charge in [-0.1, -0.05) is 30.3 Å². The molecule has 0 spiro atoms. The van der Waals surface area contributed by atoms with E-state index in [9.17, 15) is 14.0 Å². The monoisotopic (exact) mass is 404 g/mol. The third-order valence-corrected chi connectivity index (χ3v) is 5.46. The number of nitrogens with one attached hydrogen (secondary N) is 1. The number of aryl methyl sites for hydroxylation is 1. The molecule has 144 valence electrons. The molecule has 0 amide bonds. The molecule has 0 unspecified atom stereocenters. The number of rotatable bonds is 5. The molecule has 2 aromatic heterocycles. The molecule has 4 rings (SSSR count). The van der Waals surface area contributed by atoms with Gasteiger partial charge in [0.25, 0.3) is 0 Å². The van der Waals surface area contributed by atoms with Gasteiger partial charge in [-0.05, 0) is 55.0 Å². The van der Waals surface area contributed by atoms with Crippen molar-refractivity contribution in [2.24, 2.45) is 0 Å². The zero-order chi connectivity index (χ0) is 20.4. The van der Waals surface area contributed by atoms with Gasteiger partial charge in [-0.3, -0.25) is 9.36 Å². The predicted octanol–water partition coefficient (Wildman–Crippen LogP) is 5.24. The van der Waals surface area contributed by atoms with Gasteiger partial charge in [0.2, 0.25) is 0 Å². The van der Waals surface area contributed by atoms with Crippen LogP contribution in [0.5, 0.6) is 0 Å². The van der Waals surface area contributed by atoms with Crippen LogP contribution in [0.25, 0.3) is 22.3 Å². The minimum absolute atomic E-state index is 0.200. The highest BCUT2D eigenvalue weighted by atomic mass is 32.1. The fourth-order valence-corrected chi connectivity index (χ4v) is 3.78. The lowest BCUT2D eigenvalue weighted by atomic mass is 10.1. The van der Waals surface area contributed by atoms with Crippen LogP contribution in [0.1, 0.15) is 20.8 Å². The molecule has 0 fully saturated rings. The molecule has 2 aromatic carbocycles. The van der Waals surface area contributed by atoms with Crippen molar-refractivity contribution in [3.8, 4) is 16.3 Å². The third kappa shape index (κ3) is 4.17. The minimum Gasteiger partial charge on any atom is -0.305 e. The zero-order valence-corrected chi connectivity index (χ0v) is 16.4. The topological polar surface area (TPSA) is 54.9 Å². The molecular formula is C23H17FN2O2S. The minimum atomic E-state index is -0.324. The summed E-state index contributed by atoms with van der Waals surface area (Å²) in [7, 11) is 0. The summed E-state index contributed by atoms with van der Waals surface area (Å²) >= 11 is 1.60. The first-order valence-electron chi connectivity index (χ1n) is 8.96. The van der Waals surface area contributed by atoms with E-state index in [0.717, 1.165) is 21.0 Å². The average Bonchev–Trinajstić information content (AvgIpc) is 3.33. The fourth-order valence-electron chi connectivity index (χ4n) is 2.94. The van der Waals surface area contributed by atoms with E-state index in [4.69, 9.17) is 0 Å². The van der Waals surface area contributed by atoms with Crippen molar-refractivity contribution in [2.75, 3.05) is 0 Å². The standard InChI is InChI=1S/C23H17FN2O2S/c1-15-5-12-22(29-15)20-14-26(23(28)25-20)19-4-2-3-17(13-19)21(27)11-8-16-6-9-18(24)10-7-16/h2-14H,1H3,(H,25,28)/b11-8+. The van der Waals surface area contributed by atoms with Crippen molar-refractivity contribution in [3.05, 3.63) is 105 Å². The summed E-state index contributed by atoms with van der Waals surface area (Å²) in [5, 5.41) is 0. The number of nitrogens with zero attached hydrogens (tertiary/aromatic N) is 1. The maximum absolute atomic E-state index is 13.0. The number of imidazole rings is 1. The van der Waals surface area contributed by atoms with Crippen molar-refractivity contribution in [3.63, 3.8) is 0 Å². The van der Waals surface area contributed by atoms with Crippen molar-refractivity contribution in [1.82, 2.24) is 9.55 Å². The first-order valence-corrected chi connectivity index (χ1v) is 9.78. The molecule has 0 aliphatic carbocycles. The van der Waals surface area contributed by atoms with E-state index in [1.54, 1.807) is 60.0 Å². The highest BCUT2D eigenvalue weighted by Crippen LogP contribution is 2.26. The summed E-state index contributed by atoms with van der Waals surface area (Å²) in [4.78, 5) is 30.0. The molecule has 4 nitrogen and oxygen atoms in total. The van der Waals surface area contributed by atoms with Crippen molar-refractivity contribution >= 4 is 23.2 Å². The number of hydrogen-bond acceptors (Lipinski definition) is 3. The predicted molar refractivity (Wildman–Crippen MR) is 114 cm³/mol. The molecular weight excluding hydrogens is 387 g/mol. The number of aromatic nitrogens is 2. The van der Waals surface area contributed by atoms with E-state index >= 15 is 0 Å². The number of thiophene rings is 1. The van der Waals surface area contributed by atoms with E-state index < -0.39 is 0 Å². The summed E-state index contributed by atoms with van der Waals surface area (Å²) in [5.74, 6) is -0.524. The number of halogens is 1. The Bertz CT molecular complexity index is 1260. The number of allylic oxidation sites excluding steroid dienone is 1. The van der Waals surface area contributed by atoms with Crippen LogP contribution in [-0.4, -0.2) is 15.3 Å². The van der Waals surface area contributed by atoms with Crippen LogP contribution >= 0.6 is 11.3 Å². The van der Waals surface area contributed by atoms with E-state index in [0.29, 0.717) is 11.3 Å². The van der Waals surface area contributed by atoms with E-state index in [2.05, 4.69) is 4.98 Å². The van der Waals surface area contributed by atoms with Gasteiger partial charge >= 0.3 is 5.69 Å². The normalized spacial score (nSPS) is 11.2. The zero-order valence-electron chi connectivity index (χ0n) is 15.6. The van der Waals surface area contributed by atoms with Crippen LogP contribution in [0, 0.1) is 12.7 Å². The van der Waals surface area contributed by atoms with Crippen LogP contribution in [-0.2, 0) is 0 Å². The first kappa shape index (κ1) is 18.8. The molecule has 6 heteroatoms. The molecule has 4 aromatic rings. The Morgan fingerprint density at radius 3 is 2.62 bits per heavy atom. The Morgan fingerprint density at radius 2 is 1.90 bits per heavy atom. The van der Waals surface area contributed by atoms with Gasteiger partial charge in [-0.15, -0.1) is 11.3 Å². The summed E-state index contributed by atoms with van der Waals surface area (Å²) in [6.45, 7) is 2.01. The second kappa shape index (κ2) is 7.85. The molecule has 0 radical (unpaired) electrons. The first-order chi connectivity index (χ1) is 14.0. The quantitative estimate of drug-likeness (QED) is 0.365. The maximum Gasteiger partial charge on any atom is 0.330 e. The van der Waals surface area contributed by atoms with Crippen molar-refractivity contribution in [1.29, 1.82) is 0 Å². The van der Waals surface area contributed by atoms with Crippen LogP contribution < -0.4 is 5.69 Å². The largest absolute Gasteiger partial charge is 0.330 e. The second-order valence-corrected chi connectivity index (χ2v) is 7.84. The molecule has 0 atom stereocenters. The van der Waals surface area contributed by atoms with Crippen LogP contribution in [0.3, 0.4) is 0 Å². The van der Waals surface area contributed by atoms with Crippen LogP contribution in [0.4, 0.5) is 4.39 Å². The van der Waals surface area contributed by atoms with Gasteiger partial charge in [0.15, 0.2) is 5.78 Å². The summed E-state index contributed by atoms with van der Waals surface area (Å²) < 4.78 is 14.5. The number of hydrogen-bond donors (Lipinski definition) is 1. The highest BCUT2D eigenvalue weighted by Gasteiger charge is 2.10. The van der Waals surface area contributed by atoms with Gasteiger partial charge in [0, 0.05) is 16.6 Å².